The van der Waals surface area contributed by atoms with E-state index < -0.39 is 10.0 Å². The molecule has 0 radical (unpaired) electrons. The van der Waals surface area contributed by atoms with Crippen LogP contribution in [0, 0.1) is 6.92 Å². The lowest BCUT2D eigenvalue weighted by atomic mass is 9.96. The lowest BCUT2D eigenvalue weighted by molar-refractivity contribution is 0.0954. The van der Waals surface area contributed by atoms with Crippen molar-refractivity contribution in [1.29, 1.82) is 0 Å². The number of nitrogens with zero attached hydrogens (tertiary/aromatic N) is 3. The van der Waals surface area contributed by atoms with E-state index in [0.717, 1.165) is 36.8 Å². The van der Waals surface area contributed by atoms with Crippen LogP contribution in [0.4, 0.5) is 5.69 Å². The van der Waals surface area contributed by atoms with Crippen LogP contribution in [0.15, 0.2) is 41.5 Å². The maximum Gasteiger partial charge on any atom is 0.263 e. The van der Waals surface area contributed by atoms with Crippen molar-refractivity contribution in [3.8, 4) is 0 Å². The number of anilines is 1. The van der Waals surface area contributed by atoms with E-state index >= 15 is 0 Å². The summed E-state index contributed by atoms with van der Waals surface area (Å²) in [6.07, 6.45) is 10.3. The number of sulfonamides is 1. The largest absolute Gasteiger partial charge is 0.270 e. The molecular weight excluding hydrogens is 398 g/mol. The van der Waals surface area contributed by atoms with Crippen molar-refractivity contribution in [3.05, 3.63) is 58.7 Å². The SMILES string of the molecule is Cc1ccn(C(=O)c2ccc3c(c2)CCCN3S(C)(=O)=O)c(=NC2CCCCC2)c1. The molecule has 1 aliphatic carbocycles. The fourth-order valence-corrected chi connectivity index (χ4v) is 5.43. The molecule has 1 aromatic carbocycles. The summed E-state index contributed by atoms with van der Waals surface area (Å²) in [7, 11) is -3.32. The van der Waals surface area contributed by atoms with Gasteiger partial charge in [-0.15, -0.1) is 0 Å². The molecule has 0 atom stereocenters. The Labute approximate surface area is 178 Å². The van der Waals surface area contributed by atoms with Crippen LogP contribution in [0.2, 0.25) is 0 Å². The van der Waals surface area contributed by atoms with Crippen LogP contribution in [0.1, 0.15) is 60.0 Å². The summed E-state index contributed by atoms with van der Waals surface area (Å²) in [6, 6.07) is 9.48. The van der Waals surface area contributed by atoms with Crippen molar-refractivity contribution in [3.63, 3.8) is 0 Å². The molecule has 30 heavy (non-hydrogen) atoms. The fraction of sp³-hybridized carbons (Fsp3) is 0.478. The lowest BCUT2D eigenvalue weighted by Crippen LogP contribution is -2.35. The Hall–Kier alpha value is -2.41. The average molecular weight is 428 g/mol. The minimum absolute atomic E-state index is 0.135. The molecule has 0 spiro atoms. The lowest BCUT2D eigenvalue weighted by Gasteiger charge is -2.29. The summed E-state index contributed by atoms with van der Waals surface area (Å²) in [5.74, 6) is -0.135. The van der Waals surface area contributed by atoms with Crippen molar-refractivity contribution in [2.75, 3.05) is 17.1 Å². The van der Waals surface area contributed by atoms with Gasteiger partial charge in [0.2, 0.25) is 10.0 Å². The molecule has 0 saturated heterocycles. The molecule has 0 bridgehead atoms. The van der Waals surface area contributed by atoms with Crippen LogP contribution in [-0.2, 0) is 16.4 Å². The van der Waals surface area contributed by atoms with Gasteiger partial charge in [0.25, 0.3) is 5.91 Å². The molecule has 160 valence electrons. The number of hydrogen-bond acceptors (Lipinski definition) is 4. The molecule has 2 heterocycles. The number of benzene rings is 1. The molecule has 4 rings (SSSR count). The minimum Gasteiger partial charge on any atom is -0.270 e. The van der Waals surface area contributed by atoms with Gasteiger partial charge in [0.1, 0.15) is 5.49 Å². The molecule has 6 nitrogen and oxygen atoms in total. The molecule has 0 N–H and O–H groups in total. The summed E-state index contributed by atoms with van der Waals surface area (Å²) in [5, 5.41) is 0. The third-order valence-corrected chi connectivity index (χ3v) is 7.18. The normalized spacial score (nSPS) is 18.3. The highest BCUT2D eigenvalue weighted by molar-refractivity contribution is 7.92. The van der Waals surface area contributed by atoms with Crippen LogP contribution >= 0.6 is 0 Å². The Morgan fingerprint density at radius 1 is 1.07 bits per heavy atom. The molecule has 1 fully saturated rings. The van der Waals surface area contributed by atoms with Crippen LogP contribution in [0.3, 0.4) is 0 Å². The number of rotatable bonds is 3. The summed E-state index contributed by atoms with van der Waals surface area (Å²) in [4.78, 5) is 18.3. The quantitative estimate of drug-likeness (QED) is 0.753. The molecule has 2 aromatic rings. The zero-order chi connectivity index (χ0) is 21.3. The number of carbonyl (C=O) groups is 1. The monoisotopic (exact) mass is 427 g/mol. The Morgan fingerprint density at radius 2 is 1.83 bits per heavy atom. The van der Waals surface area contributed by atoms with Gasteiger partial charge in [-0.2, -0.15) is 0 Å². The van der Waals surface area contributed by atoms with Gasteiger partial charge in [-0.25, -0.2) is 8.42 Å². The van der Waals surface area contributed by atoms with Gasteiger partial charge in [-0.3, -0.25) is 18.7 Å². The zero-order valence-electron chi connectivity index (χ0n) is 17.7. The first-order valence-corrected chi connectivity index (χ1v) is 12.6. The Morgan fingerprint density at radius 3 is 2.57 bits per heavy atom. The number of aryl methyl sites for hydroxylation is 2. The van der Waals surface area contributed by atoms with Crippen LogP contribution in [-0.4, -0.2) is 37.7 Å². The highest BCUT2D eigenvalue weighted by atomic mass is 32.2. The first kappa shape index (κ1) is 20.8. The maximum absolute atomic E-state index is 13.4. The third kappa shape index (κ3) is 4.36. The molecule has 0 amide bonds. The van der Waals surface area contributed by atoms with Crippen molar-refractivity contribution in [1.82, 2.24) is 4.57 Å². The molecule has 0 unspecified atom stereocenters. The zero-order valence-corrected chi connectivity index (χ0v) is 18.5. The number of carbonyl (C=O) groups excluding carboxylic acids is 1. The molecule has 1 saturated carbocycles. The molecule has 2 aliphatic rings. The Kier molecular flexibility index (Phi) is 5.82. The second kappa shape index (κ2) is 8.38. The van der Waals surface area contributed by atoms with Crippen molar-refractivity contribution >= 4 is 21.6 Å². The van der Waals surface area contributed by atoms with Gasteiger partial charge in [0, 0.05) is 18.3 Å². The maximum atomic E-state index is 13.4. The van der Waals surface area contributed by atoms with E-state index in [2.05, 4.69) is 0 Å². The summed E-state index contributed by atoms with van der Waals surface area (Å²) in [6.45, 7) is 2.49. The van der Waals surface area contributed by atoms with Gasteiger partial charge in [0.05, 0.1) is 18.0 Å². The molecule has 1 aromatic heterocycles. The van der Waals surface area contributed by atoms with Crippen LogP contribution in [0.25, 0.3) is 0 Å². The van der Waals surface area contributed by atoms with E-state index in [4.69, 9.17) is 4.99 Å². The second-order valence-electron chi connectivity index (χ2n) is 8.44. The smallest absolute Gasteiger partial charge is 0.263 e. The summed E-state index contributed by atoms with van der Waals surface area (Å²) < 4.78 is 27.3. The molecular formula is C23H29N3O3S. The minimum atomic E-state index is -3.32. The summed E-state index contributed by atoms with van der Waals surface area (Å²) >= 11 is 0. The highest BCUT2D eigenvalue weighted by Crippen LogP contribution is 2.30. The van der Waals surface area contributed by atoms with Gasteiger partial charge in [-0.1, -0.05) is 19.3 Å². The standard InChI is InChI=1S/C23H29N3O3S/c1-17-12-14-25(22(15-17)24-20-8-4-3-5-9-20)23(27)19-10-11-21-18(16-19)7-6-13-26(21)30(2,28)29/h10-12,14-16,20H,3-9,13H2,1-2H3. The first-order valence-electron chi connectivity index (χ1n) is 10.7. The van der Waals surface area contributed by atoms with Gasteiger partial charge in [0.15, 0.2) is 0 Å². The summed E-state index contributed by atoms with van der Waals surface area (Å²) in [5.41, 5.74) is 3.90. The van der Waals surface area contributed by atoms with E-state index in [0.29, 0.717) is 23.3 Å². The highest BCUT2D eigenvalue weighted by Gasteiger charge is 2.25. The number of pyridine rings is 1. The topological polar surface area (TPSA) is 71.7 Å². The van der Waals surface area contributed by atoms with Crippen LogP contribution in [0.5, 0.6) is 0 Å². The first-order chi connectivity index (χ1) is 14.3. The van der Waals surface area contributed by atoms with E-state index in [-0.39, 0.29) is 11.9 Å². The third-order valence-electron chi connectivity index (χ3n) is 6.00. The number of aromatic nitrogens is 1. The predicted octanol–water partition coefficient (Wildman–Crippen LogP) is 3.43. The van der Waals surface area contributed by atoms with E-state index in [1.807, 2.05) is 25.1 Å². The van der Waals surface area contributed by atoms with E-state index in [9.17, 15) is 13.2 Å². The van der Waals surface area contributed by atoms with Crippen molar-refractivity contribution in [2.45, 2.75) is 57.9 Å². The van der Waals surface area contributed by atoms with Crippen molar-refractivity contribution < 1.29 is 13.2 Å². The average Bonchev–Trinajstić information content (AvgIpc) is 2.72. The number of fused-ring (bicyclic) bond motifs is 1. The Balaban J connectivity index is 1.71. The number of hydrogen-bond donors (Lipinski definition) is 0. The van der Waals surface area contributed by atoms with Gasteiger partial charge >= 0.3 is 0 Å². The fourth-order valence-electron chi connectivity index (χ4n) is 4.44. The van der Waals surface area contributed by atoms with E-state index in [1.54, 1.807) is 22.9 Å². The molecule has 7 heteroatoms. The second-order valence-corrected chi connectivity index (χ2v) is 10.3. The Bertz CT molecular complexity index is 1130. The van der Waals surface area contributed by atoms with Gasteiger partial charge < -0.3 is 0 Å². The molecule has 1 aliphatic heterocycles. The van der Waals surface area contributed by atoms with Gasteiger partial charge in [-0.05, 0) is 74.1 Å². The van der Waals surface area contributed by atoms with Crippen LogP contribution < -0.4 is 9.79 Å². The van der Waals surface area contributed by atoms with E-state index in [1.165, 1.54) is 29.8 Å². The van der Waals surface area contributed by atoms with Crippen molar-refractivity contribution in [2.24, 2.45) is 4.99 Å². The predicted molar refractivity (Wildman–Crippen MR) is 118 cm³/mol.